The molecule has 0 spiro atoms. The summed E-state index contributed by atoms with van der Waals surface area (Å²) in [5, 5.41) is 6.82. The van der Waals surface area contributed by atoms with E-state index in [0.29, 0.717) is 0 Å². The zero-order valence-electron chi connectivity index (χ0n) is 13.4. The van der Waals surface area contributed by atoms with Crippen LogP contribution in [0.1, 0.15) is 11.1 Å². The van der Waals surface area contributed by atoms with Crippen LogP contribution in [-0.2, 0) is 6.54 Å². The van der Waals surface area contributed by atoms with Gasteiger partial charge in [-0.25, -0.2) is 0 Å². The molecule has 1 heterocycles. The van der Waals surface area contributed by atoms with Crippen molar-refractivity contribution in [2.24, 2.45) is 0 Å². The van der Waals surface area contributed by atoms with Crippen LogP contribution in [0.4, 0.5) is 0 Å². The Bertz CT molecular complexity index is 983. The second-order valence-electron chi connectivity index (χ2n) is 6.02. The van der Waals surface area contributed by atoms with Crippen molar-refractivity contribution in [2.75, 3.05) is 0 Å². The van der Waals surface area contributed by atoms with Crippen molar-refractivity contribution in [3.05, 3.63) is 88.9 Å². The highest BCUT2D eigenvalue weighted by Crippen LogP contribution is 2.28. The number of aromatic nitrogens is 2. The van der Waals surface area contributed by atoms with E-state index < -0.39 is 0 Å². The topological polar surface area (TPSA) is 17.8 Å². The molecule has 4 rings (SSSR count). The molecule has 0 amide bonds. The minimum atomic E-state index is 0.726. The van der Waals surface area contributed by atoms with Crippen LogP contribution in [0.5, 0.6) is 0 Å². The van der Waals surface area contributed by atoms with Crippen molar-refractivity contribution in [3.63, 3.8) is 0 Å². The van der Waals surface area contributed by atoms with Crippen molar-refractivity contribution < 1.29 is 0 Å². The van der Waals surface area contributed by atoms with Crippen molar-refractivity contribution >= 4 is 22.5 Å². The van der Waals surface area contributed by atoms with Gasteiger partial charge in [-0.2, -0.15) is 5.10 Å². The Morgan fingerprint density at radius 1 is 0.875 bits per heavy atom. The summed E-state index contributed by atoms with van der Waals surface area (Å²) in [7, 11) is 0. The quantitative estimate of drug-likeness (QED) is 0.469. The molecule has 0 aliphatic heterocycles. The van der Waals surface area contributed by atoms with E-state index in [1.54, 1.807) is 0 Å². The number of hydrogen-bond donors (Lipinski definition) is 0. The van der Waals surface area contributed by atoms with Gasteiger partial charge in [0.25, 0.3) is 0 Å². The number of fused-ring (bicyclic) bond motifs is 1. The molecule has 0 aliphatic carbocycles. The van der Waals surface area contributed by atoms with Gasteiger partial charge in [0, 0.05) is 16.0 Å². The van der Waals surface area contributed by atoms with Gasteiger partial charge in [-0.05, 0) is 30.7 Å². The summed E-state index contributed by atoms with van der Waals surface area (Å²) in [6.45, 7) is 2.82. The van der Waals surface area contributed by atoms with Gasteiger partial charge >= 0.3 is 0 Å². The van der Waals surface area contributed by atoms with Crippen LogP contribution in [0.2, 0.25) is 5.02 Å². The number of hydrogen-bond acceptors (Lipinski definition) is 1. The van der Waals surface area contributed by atoms with Crippen molar-refractivity contribution in [3.8, 4) is 11.3 Å². The normalized spacial score (nSPS) is 11.1. The fourth-order valence-corrected chi connectivity index (χ4v) is 3.06. The van der Waals surface area contributed by atoms with Crippen LogP contribution in [0, 0.1) is 6.92 Å². The number of halogens is 1. The second kappa shape index (κ2) is 6.14. The molecule has 1 aromatic heterocycles. The molecule has 3 heteroatoms. The molecule has 2 nitrogen and oxygen atoms in total. The maximum absolute atomic E-state index is 5.98. The molecular formula is C21H17ClN2. The molecule has 4 aromatic rings. The smallest absolute Gasteiger partial charge is 0.100 e. The third-order valence-corrected chi connectivity index (χ3v) is 4.48. The predicted molar refractivity (Wildman–Crippen MR) is 100 cm³/mol. The van der Waals surface area contributed by atoms with E-state index in [-0.39, 0.29) is 0 Å². The molecule has 3 aromatic carbocycles. The summed E-state index contributed by atoms with van der Waals surface area (Å²) in [5.74, 6) is 0. The molecule has 0 N–H and O–H groups in total. The minimum Gasteiger partial charge on any atom is -0.260 e. The molecular weight excluding hydrogens is 316 g/mol. The molecule has 0 unspecified atom stereocenters. The first-order chi connectivity index (χ1) is 11.7. The van der Waals surface area contributed by atoms with Crippen LogP contribution >= 0.6 is 11.6 Å². The third-order valence-electron chi connectivity index (χ3n) is 4.23. The summed E-state index contributed by atoms with van der Waals surface area (Å²) < 4.78 is 2.06. The van der Waals surface area contributed by atoms with Crippen LogP contribution in [0.3, 0.4) is 0 Å². The lowest BCUT2D eigenvalue weighted by atomic mass is 10.1. The molecule has 0 saturated carbocycles. The van der Waals surface area contributed by atoms with Crippen LogP contribution < -0.4 is 0 Å². The van der Waals surface area contributed by atoms with E-state index in [2.05, 4.69) is 60.1 Å². The average molecular weight is 333 g/mol. The predicted octanol–water partition coefficient (Wildman–Crippen LogP) is 5.71. The molecule has 0 atom stereocenters. The number of aryl methyl sites for hydroxylation is 1. The summed E-state index contributed by atoms with van der Waals surface area (Å²) in [5.41, 5.74) is 5.75. The van der Waals surface area contributed by atoms with Crippen molar-refractivity contribution in [2.45, 2.75) is 13.5 Å². The van der Waals surface area contributed by atoms with E-state index in [1.807, 2.05) is 24.3 Å². The SMILES string of the molecule is Cc1ccc(-c2nn(Cc3ccc(Cl)cc3)c3ccccc23)cc1. The molecule has 0 fully saturated rings. The molecule has 0 bridgehead atoms. The highest BCUT2D eigenvalue weighted by molar-refractivity contribution is 6.30. The highest BCUT2D eigenvalue weighted by atomic mass is 35.5. The molecule has 0 saturated heterocycles. The number of para-hydroxylation sites is 1. The van der Waals surface area contributed by atoms with Crippen molar-refractivity contribution in [1.82, 2.24) is 9.78 Å². The van der Waals surface area contributed by atoms with Gasteiger partial charge < -0.3 is 0 Å². The first kappa shape index (κ1) is 15.0. The minimum absolute atomic E-state index is 0.726. The lowest BCUT2D eigenvalue weighted by Crippen LogP contribution is -2.01. The summed E-state index contributed by atoms with van der Waals surface area (Å²) in [4.78, 5) is 0. The van der Waals surface area contributed by atoms with Crippen LogP contribution in [0.15, 0.2) is 72.8 Å². The lowest BCUT2D eigenvalue weighted by molar-refractivity contribution is 0.715. The monoisotopic (exact) mass is 332 g/mol. The Labute approximate surface area is 146 Å². The van der Waals surface area contributed by atoms with E-state index >= 15 is 0 Å². The van der Waals surface area contributed by atoms with Gasteiger partial charge in [0.2, 0.25) is 0 Å². The molecule has 118 valence electrons. The Balaban J connectivity index is 1.81. The molecule has 24 heavy (non-hydrogen) atoms. The lowest BCUT2D eigenvalue weighted by Gasteiger charge is -2.04. The van der Waals surface area contributed by atoms with Gasteiger partial charge in [0.1, 0.15) is 5.69 Å². The Morgan fingerprint density at radius 2 is 1.58 bits per heavy atom. The summed E-state index contributed by atoms with van der Waals surface area (Å²) in [6, 6.07) is 24.8. The van der Waals surface area contributed by atoms with Gasteiger partial charge in [-0.1, -0.05) is 71.8 Å². The van der Waals surface area contributed by atoms with E-state index in [1.165, 1.54) is 16.5 Å². The fourth-order valence-electron chi connectivity index (χ4n) is 2.94. The number of benzene rings is 3. The standard InChI is InChI=1S/C21H17ClN2/c1-15-6-10-17(11-7-15)21-19-4-2-3-5-20(19)24(23-21)14-16-8-12-18(22)13-9-16/h2-13H,14H2,1H3. The Kier molecular flexibility index (Phi) is 3.83. The van der Waals surface area contributed by atoms with Crippen molar-refractivity contribution in [1.29, 1.82) is 0 Å². The summed E-state index contributed by atoms with van der Waals surface area (Å²) >= 11 is 5.98. The van der Waals surface area contributed by atoms with E-state index in [4.69, 9.17) is 16.7 Å². The largest absolute Gasteiger partial charge is 0.260 e. The fraction of sp³-hybridized carbons (Fsp3) is 0.0952. The first-order valence-corrected chi connectivity index (χ1v) is 8.35. The van der Waals surface area contributed by atoms with Crippen LogP contribution in [0.25, 0.3) is 22.2 Å². The second-order valence-corrected chi connectivity index (χ2v) is 6.45. The third kappa shape index (κ3) is 2.81. The first-order valence-electron chi connectivity index (χ1n) is 7.98. The Morgan fingerprint density at radius 3 is 2.33 bits per heavy atom. The van der Waals surface area contributed by atoms with E-state index in [0.717, 1.165) is 28.3 Å². The highest BCUT2D eigenvalue weighted by Gasteiger charge is 2.12. The van der Waals surface area contributed by atoms with Gasteiger partial charge in [0.05, 0.1) is 12.1 Å². The Hall–Kier alpha value is -2.58. The molecule has 0 radical (unpaired) electrons. The van der Waals surface area contributed by atoms with Gasteiger partial charge in [-0.15, -0.1) is 0 Å². The number of nitrogens with zero attached hydrogens (tertiary/aromatic N) is 2. The maximum atomic E-state index is 5.98. The van der Waals surface area contributed by atoms with E-state index in [9.17, 15) is 0 Å². The zero-order valence-corrected chi connectivity index (χ0v) is 14.2. The van der Waals surface area contributed by atoms with Gasteiger partial charge in [0.15, 0.2) is 0 Å². The van der Waals surface area contributed by atoms with Crippen LogP contribution in [-0.4, -0.2) is 9.78 Å². The number of rotatable bonds is 3. The van der Waals surface area contributed by atoms with Gasteiger partial charge in [-0.3, -0.25) is 4.68 Å². The summed E-state index contributed by atoms with van der Waals surface area (Å²) in [6.07, 6.45) is 0. The average Bonchev–Trinajstić information content (AvgIpc) is 2.97. The maximum Gasteiger partial charge on any atom is 0.100 e. The molecule has 0 aliphatic rings. The zero-order chi connectivity index (χ0) is 16.5.